The van der Waals surface area contributed by atoms with Crippen molar-refractivity contribution >= 4 is 17.6 Å². The summed E-state index contributed by atoms with van der Waals surface area (Å²) in [5.74, 6) is -1.04. The van der Waals surface area contributed by atoms with Crippen LogP contribution in [0.4, 0.5) is 4.48 Å². The van der Waals surface area contributed by atoms with Crippen molar-refractivity contribution in [2.75, 3.05) is 0 Å². The number of carbonyl (C=O) groups is 1. The van der Waals surface area contributed by atoms with Gasteiger partial charge >= 0.3 is 57.4 Å². The molecule has 0 unspecified atom stereocenters. The maximum Gasteiger partial charge on any atom is 1.00 e. The summed E-state index contributed by atoms with van der Waals surface area (Å²) in [5.41, 5.74) is 0.699. The molecule has 7 heteroatoms. The largest absolute Gasteiger partial charge is 1.00 e. The number of nitrogens with zero attached hydrogens (tertiary/aromatic N) is 2. The third kappa shape index (κ3) is 2.64. The molecule has 0 amide bonds. The Morgan fingerprint density at radius 1 is 1.69 bits per heavy atom. The number of rotatable bonds is 2. The number of hydrogen-bond acceptors (Lipinski definition) is 2. The molecular weight excluding hydrogens is 262 g/mol. The van der Waals surface area contributed by atoms with E-state index in [-0.39, 0.29) is 70.6 Å². The zero-order valence-corrected chi connectivity index (χ0v) is 12.3. The topological polar surface area (TPSA) is 55.1 Å². The second-order valence-corrected chi connectivity index (χ2v) is 3.43. The van der Waals surface area contributed by atoms with Crippen LogP contribution in [0.5, 0.6) is 0 Å². The molecule has 0 saturated carbocycles. The Labute approximate surface area is 140 Å². The van der Waals surface area contributed by atoms with Gasteiger partial charge in [0, 0.05) is 18.0 Å². The summed E-state index contributed by atoms with van der Waals surface area (Å²) < 4.78 is 13.3. The third-order valence-corrected chi connectivity index (χ3v) is 2.32. The van der Waals surface area contributed by atoms with E-state index in [2.05, 4.69) is 4.98 Å². The van der Waals surface area contributed by atoms with E-state index in [0.717, 1.165) is 6.20 Å². The van der Waals surface area contributed by atoms with Gasteiger partial charge in [-0.15, -0.1) is 0 Å². The van der Waals surface area contributed by atoms with Gasteiger partial charge in [-0.25, -0.2) is 0 Å². The van der Waals surface area contributed by atoms with Crippen LogP contribution in [0.15, 0.2) is 18.5 Å². The van der Waals surface area contributed by atoms with E-state index in [1.165, 1.54) is 12.3 Å². The van der Waals surface area contributed by atoms with Gasteiger partial charge in [-0.2, -0.15) is 4.79 Å². The van der Waals surface area contributed by atoms with Crippen LogP contribution in [0.2, 0.25) is 5.02 Å². The van der Waals surface area contributed by atoms with Crippen LogP contribution in [-0.4, -0.2) is 20.8 Å². The molecule has 0 aromatic rings. The van der Waals surface area contributed by atoms with E-state index in [1.54, 1.807) is 0 Å². The number of carboxylic acid groups (broad SMARTS) is 1. The van der Waals surface area contributed by atoms with E-state index >= 15 is 0 Å². The maximum atomic E-state index is 13.3. The van der Waals surface area contributed by atoms with Crippen LogP contribution >= 0.6 is 11.6 Å². The molecule has 0 aromatic heterocycles. The van der Waals surface area contributed by atoms with Gasteiger partial charge in [0.1, 0.15) is 11.4 Å². The Morgan fingerprint density at radius 3 is 3.00 bits per heavy atom. The Balaban J connectivity index is 0.00000128. The first-order valence-corrected chi connectivity index (χ1v) is 4.50. The summed E-state index contributed by atoms with van der Waals surface area (Å²) in [4.78, 5) is 14.7. The molecule has 16 heavy (non-hydrogen) atoms. The van der Waals surface area contributed by atoms with Crippen LogP contribution in [0.1, 0.15) is 6.99 Å². The van der Waals surface area contributed by atoms with Gasteiger partial charge in [0.15, 0.2) is 0 Å². The average molecular weight is 269 g/mol. The van der Waals surface area contributed by atoms with E-state index in [1.807, 2.05) is 0 Å². The van der Waals surface area contributed by atoms with Gasteiger partial charge in [-0.3, -0.25) is 9.78 Å². The first kappa shape index (κ1) is 14.1. The fourth-order valence-electron chi connectivity index (χ4n) is 1.41. The summed E-state index contributed by atoms with van der Waals surface area (Å²) in [6.07, 6.45) is 2.17. The number of fused-ring (bicyclic) bond motifs is 1. The van der Waals surface area contributed by atoms with Gasteiger partial charge in [0.2, 0.25) is 0 Å². The molecule has 0 saturated heterocycles. The molecule has 0 bridgehead atoms. The second kappa shape index (κ2) is 5.57. The van der Waals surface area contributed by atoms with Gasteiger partial charge in [-0.05, 0) is 6.07 Å². The maximum absolute atomic E-state index is 13.3. The fourth-order valence-corrected chi connectivity index (χ4v) is 1.60. The molecule has 0 aromatic carbocycles. The molecule has 80 valence electrons. The van der Waals surface area contributed by atoms with Crippen molar-refractivity contribution in [3.8, 4) is 11.4 Å². The minimum atomic E-state index is -1.04. The molecule has 0 spiro atoms. The van der Waals surface area contributed by atoms with Gasteiger partial charge in [-0.1, -0.05) is 16.1 Å². The van der Waals surface area contributed by atoms with Crippen molar-refractivity contribution in [2.45, 2.75) is 6.42 Å². The number of aromatic nitrogens is 2. The average Bonchev–Trinajstić information content (AvgIpc) is 2.56. The Hall–Kier alpha value is 0.0164. The van der Waals surface area contributed by atoms with Crippen LogP contribution in [0.25, 0.3) is 11.4 Å². The van der Waals surface area contributed by atoms with Crippen molar-refractivity contribution in [3.63, 3.8) is 0 Å². The van der Waals surface area contributed by atoms with Gasteiger partial charge < -0.3 is 6.53 Å². The molecule has 0 radical (unpaired) electrons. The third-order valence-electron chi connectivity index (χ3n) is 2.01. The van der Waals surface area contributed by atoms with Crippen molar-refractivity contribution < 1.29 is 67.2 Å². The Morgan fingerprint density at radius 2 is 2.38 bits per heavy atom. The van der Waals surface area contributed by atoms with Gasteiger partial charge in [0.05, 0.1) is 11.4 Å². The molecule has 0 fully saturated rings. The molecular formula is C9H7ClFKN2O2. The summed E-state index contributed by atoms with van der Waals surface area (Å²) in [5, 5.41) is 8.91. The number of hydrogen-bond donors (Lipinski definition) is 1. The second-order valence-electron chi connectivity index (χ2n) is 3.03. The molecule has 2 aliphatic rings. The van der Waals surface area contributed by atoms with E-state index in [0.29, 0.717) is 15.4 Å². The van der Waals surface area contributed by atoms with Crippen molar-refractivity contribution in [1.82, 2.24) is 9.77 Å². The summed E-state index contributed by atoms with van der Waals surface area (Å²) in [7, 11) is 0. The zero-order valence-electron chi connectivity index (χ0n) is 9.44. The van der Waals surface area contributed by atoms with E-state index < -0.39 is 5.97 Å². The standard InChI is InChI=1S/C9H6ClFN2O2.K.H/c10-6-1-2-13(11)9-5(3-7(14)15)4-12-8(6)9;;/h1-2,4H,3H2,(H,14,15);;/q;+1;-1. The monoisotopic (exact) mass is 268 g/mol. The van der Waals surface area contributed by atoms with Crippen molar-refractivity contribution in [3.05, 3.63) is 29.0 Å². The number of pyridine rings is 1. The van der Waals surface area contributed by atoms with E-state index in [9.17, 15) is 9.28 Å². The fraction of sp³-hybridized carbons (Fsp3) is 0.111. The molecule has 2 aliphatic heterocycles. The summed E-state index contributed by atoms with van der Waals surface area (Å²) >= 11 is 5.79. The predicted molar refractivity (Wildman–Crippen MR) is 52.8 cm³/mol. The molecule has 1 N–H and O–H groups in total. The van der Waals surface area contributed by atoms with E-state index in [4.69, 9.17) is 16.7 Å². The number of halogens is 2. The quantitative estimate of drug-likeness (QED) is 0.720. The summed E-state index contributed by atoms with van der Waals surface area (Å²) in [6, 6.07) is 1.36. The van der Waals surface area contributed by atoms with Gasteiger partial charge in [0.25, 0.3) is 0 Å². The normalized spacial score (nSPS) is 10.1. The van der Waals surface area contributed by atoms with Crippen LogP contribution in [-0.2, 0) is 11.2 Å². The molecule has 4 nitrogen and oxygen atoms in total. The predicted octanol–water partition coefficient (Wildman–Crippen LogP) is -0.882. The SMILES string of the molecule is O=C(O)Cc1cnc2c(Cl)ccn(F)c1-2.[H-].[K+]. The molecule has 2 heterocycles. The van der Waals surface area contributed by atoms with Crippen LogP contribution in [0, 0.1) is 0 Å². The first-order valence-electron chi connectivity index (χ1n) is 4.12. The molecule has 2 rings (SSSR count). The first-order chi connectivity index (χ1) is 7.09. The number of aliphatic carboxylic acids is 1. The smallest absolute Gasteiger partial charge is 1.00 e. The van der Waals surface area contributed by atoms with Crippen molar-refractivity contribution in [2.24, 2.45) is 0 Å². The Kier molecular flexibility index (Phi) is 4.90. The Bertz CT molecular complexity index is 508. The molecule has 0 atom stereocenters. The zero-order chi connectivity index (χ0) is 11.0. The minimum Gasteiger partial charge on any atom is -1.00 e. The number of carboxylic acids is 1. The van der Waals surface area contributed by atoms with Crippen molar-refractivity contribution in [1.29, 1.82) is 0 Å². The summed E-state index contributed by atoms with van der Waals surface area (Å²) in [6.45, 7) is 0. The van der Waals surface area contributed by atoms with Crippen LogP contribution in [0.3, 0.4) is 0 Å². The minimum absolute atomic E-state index is 0. The van der Waals surface area contributed by atoms with Crippen LogP contribution < -0.4 is 51.4 Å². The molecule has 0 aliphatic carbocycles.